The number of para-hydroxylation sites is 3. The molecule has 30 aromatic rings. The summed E-state index contributed by atoms with van der Waals surface area (Å²) in [6, 6.07) is 197. The van der Waals surface area contributed by atoms with Gasteiger partial charge in [-0.25, -0.2) is 0 Å². The second-order valence-electron chi connectivity index (χ2n) is 38.6. The van der Waals surface area contributed by atoms with Gasteiger partial charge in [0, 0.05) is 110 Å². The van der Waals surface area contributed by atoms with Crippen molar-refractivity contribution in [2.24, 2.45) is 0 Å². The van der Waals surface area contributed by atoms with Crippen LogP contribution in [0.5, 0.6) is 0 Å². The molecule has 0 radical (unpaired) electrons. The lowest BCUT2D eigenvalue weighted by atomic mass is 9.89. The van der Waals surface area contributed by atoms with Crippen LogP contribution in [-0.2, 0) is 0 Å². The molecular weight excluding hydrogens is 1870 g/mol. The van der Waals surface area contributed by atoms with E-state index in [1.165, 1.54) is 177 Å². The number of thiophene rings is 3. The Morgan fingerprint density at radius 3 is 0.927 bits per heavy atom. The molecule has 0 aliphatic heterocycles. The molecule has 0 atom stereocenters. The third kappa shape index (κ3) is 16.4. The first-order valence-electron chi connectivity index (χ1n) is 51.0. The molecule has 24 aromatic carbocycles. The number of hydrogen-bond donors (Lipinski definition) is 0. The number of benzene rings is 24. The summed E-state index contributed by atoms with van der Waals surface area (Å²) in [4.78, 5) is 0. The highest BCUT2D eigenvalue weighted by Crippen LogP contribution is 2.53. The standard InChI is InChI=1S/C48H30O2.C48H30OS.C48H30S2/c1-3-12-31(13-4-1)33-22-24-34(25-23-33)36-26-35(32-14-5-2-6-15-32)27-37(28-36)42-29-38(30-43-40-16-7-9-19-44(40)50-48(42)43)39-18-11-21-46-47(39)41-17-8-10-20-45(41)49-46;1-3-13-31(14-4-1)33-17-11-18-34(25-33)36-26-35(32-15-5-2-6-16-32)27-37(28-36)42-29-38(30-43-40-19-7-9-22-44(40)49-48(42)43)39-21-12-24-46-47(39)41-20-8-10-23-45(41)50-46;1-2-12-31(13-3-1)32-24-26-33(27-25-32)37-16-4-5-17-38(37)35-15-10-14-34(28-35)36-29-43(47-42-19-7-9-23-45(42)49-46(47)30-36)41-21-11-20-40-39-18-6-8-22-44(39)50-48(40)41/h3*1-30H. The van der Waals surface area contributed by atoms with Crippen molar-refractivity contribution in [1.29, 1.82) is 0 Å². The average Bonchev–Trinajstić information content (AvgIpc) is 1.45. The molecule has 0 N–H and O–H groups in total. The molecule has 3 nitrogen and oxygen atoms in total. The van der Waals surface area contributed by atoms with Crippen LogP contribution in [0.15, 0.2) is 559 Å². The number of rotatable bonds is 15. The molecule has 6 aromatic heterocycles. The van der Waals surface area contributed by atoms with E-state index >= 15 is 0 Å². The van der Waals surface area contributed by atoms with Gasteiger partial charge in [0.25, 0.3) is 0 Å². The van der Waals surface area contributed by atoms with Crippen LogP contribution in [0.4, 0.5) is 0 Å². The maximum Gasteiger partial charge on any atom is 0.143 e. The molecule has 30 rings (SSSR count). The molecule has 702 valence electrons. The van der Waals surface area contributed by atoms with E-state index in [0.29, 0.717) is 0 Å². The zero-order valence-corrected chi connectivity index (χ0v) is 83.9. The fraction of sp³-hybridized carbons (Fsp3) is 0. The molecule has 0 aliphatic carbocycles. The van der Waals surface area contributed by atoms with Crippen molar-refractivity contribution in [3.63, 3.8) is 0 Å². The zero-order chi connectivity index (χ0) is 99.1. The molecule has 6 heteroatoms. The molecule has 0 amide bonds. The Morgan fingerprint density at radius 2 is 0.400 bits per heavy atom. The van der Waals surface area contributed by atoms with E-state index in [1.54, 1.807) is 0 Å². The second-order valence-corrected chi connectivity index (χ2v) is 41.8. The Morgan fingerprint density at radius 1 is 0.113 bits per heavy atom. The second kappa shape index (κ2) is 38.1. The first-order valence-corrected chi connectivity index (χ1v) is 53.4. The van der Waals surface area contributed by atoms with E-state index in [4.69, 9.17) is 13.3 Å². The molecule has 0 fully saturated rings. The summed E-state index contributed by atoms with van der Waals surface area (Å²) >= 11 is 5.66. The first kappa shape index (κ1) is 89.0. The van der Waals surface area contributed by atoms with E-state index in [9.17, 15) is 0 Å². The van der Waals surface area contributed by atoms with Gasteiger partial charge in [-0.1, -0.05) is 413 Å². The maximum atomic E-state index is 6.74. The van der Waals surface area contributed by atoms with E-state index in [2.05, 4.69) is 528 Å². The van der Waals surface area contributed by atoms with Crippen LogP contribution < -0.4 is 0 Å². The van der Waals surface area contributed by atoms with Crippen LogP contribution in [0.25, 0.3) is 293 Å². The van der Waals surface area contributed by atoms with Crippen molar-refractivity contribution in [3.8, 4) is 167 Å². The highest BCUT2D eigenvalue weighted by molar-refractivity contribution is 7.27. The molecule has 150 heavy (non-hydrogen) atoms. The lowest BCUT2D eigenvalue weighted by Crippen LogP contribution is -1.89. The molecule has 6 heterocycles. The topological polar surface area (TPSA) is 39.4 Å². The summed E-state index contributed by atoms with van der Waals surface area (Å²) in [6.45, 7) is 0. The summed E-state index contributed by atoms with van der Waals surface area (Å²) in [6.07, 6.45) is 0. The molecule has 0 aliphatic rings. The maximum absolute atomic E-state index is 6.74. The largest absolute Gasteiger partial charge is 0.456 e. The average molecular weight is 1960 g/mol. The van der Waals surface area contributed by atoms with Gasteiger partial charge in [0.05, 0.1) is 0 Å². The van der Waals surface area contributed by atoms with Gasteiger partial charge in [0.2, 0.25) is 0 Å². The fourth-order valence-electron chi connectivity index (χ4n) is 22.4. The van der Waals surface area contributed by atoms with Crippen LogP contribution in [0, 0.1) is 0 Å². The van der Waals surface area contributed by atoms with Gasteiger partial charge >= 0.3 is 0 Å². The van der Waals surface area contributed by atoms with Crippen molar-refractivity contribution < 1.29 is 13.3 Å². The zero-order valence-electron chi connectivity index (χ0n) is 81.4. The molecule has 0 bridgehead atoms. The van der Waals surface area contributed by atoms with E-state index < -0.39 is 0 Å². The monoisotopic (exact) mass is 1960 g/mol. The van der Waals surface area contributed by atoms with Crippen molar-refractivity contribution in [2.75, 3.05) is 0 Å². The molecule has 0 saturated heterocycles. The molecule has 0 spiro atoms. The van der Waals surface area contributed by atoms with Gasteiger partial charge in [-0.05, 0) is 284 Å². The van der Waals surface area contributed by atoms with Crippen LogP contribution in [0.1, 0.15) is 0 Å². The first-order chi connectivity index (χ1) is 74.3. The minimum atomic E-state index is 0.879. The van der Waals surface area contributed by atoms with Crippen molar-refractivity contribution in [2.45, 2.75) is 0 Å². The van der Waals surface area contributed by atoms with E-state index in [1.807, 2.05) is 52.2 Å². The van der Waals surface area contributed by atoms with E-state index in [0.717, 1.165) is 116 Å². The fourth-order valence-corrected chi connectivity index (χ4v) is 26.0. The third-order valence-corrected chi connectivity index (χ3v) is 33.1. The predicted molar refractivity (Wildman–Crippen MR) is 641 cm³/mol. The van der Waals surface area contributed by atoms with Crippen LogP contribution in [0.2, 0.25) is 0 Å². The number of fused-ring (bicyclic) bond motifs is 18. The summed E-state index contributed by atoms with van der Waals surface area (Å²) in [7, 11) is 0. The SMILES string of the molecule is c1ccc(-c2ccc(-c3cc(-c4ccccc4)cc(-c4cc(-c5cccc6oc7ccccc7c56)cc5c4oc4ccccc45)c3)cc2)cc1.c1ccc(-c2ccc(-c3ccccc3-c3cccc(-c4cc(-c5cccc6c5sc5ccccc56)c5c(c4)sc4ccccc45)c3)cc2)cc1.c1ccc(-c2cccc(-c3cc(-c4ccccc4)cc(-c4cc(-c5cccc6sc7ccccc7c56)cc5c4oc4ccccc45)c3)c2)cc1. The van der Waals surface area contributed by atoms with Gasteiger partial charge in [-0.15, -0.1) is 34.0 Å². The highest BCUT2D eigenvalue weighted by atomic mass is 32.1. The highest BCUT2D eigenvalue weighted by Gasteiger charge is 2.26. The third-order valence-electron chi connectivity index (χ3n) is 29.6. The van der Waals surface area contributed by atoms with E-state index in [-0.39, 0.29) is 0 Å². The Hall–Kier alpha value is -18.7. The lowest BCUT2D eigenvalue weighted by Gasteiger charge is -2.14. The Labute approximate surface area is 879 Å². The number of furan rings is 3. The molecular formula is C144H90O3S3. The Balaban J connectivity index is 0.000000108. The molecule has 0 saturated carbocycles. The molecule has 0 unspecified atom stereocenters. The summed E-state index contributed by atoms with van der Waals surface area (Å²) in [5.74, 6) is 0. The lowest BCUT2D eigenvalue weighted by molar-refractivity contribution is 0.669. The van der Waals surface area contributed by atoms with Gasteiger partial charge in [-0.3, -0.25) is 0 Å². The van der Waals surface area contributed by atoms with Gasteiger partial charge < -0.3 is 13.3 Å². The normalized spacial score (nSPS) is 11.6. The summed E-state index contributed by atoms with van der Waals surface area (Å²) in [5, 5.41) is 14.6. The Kier molecular flexibility index (Phi) is 22.6. The summed E-state index contributed by atoms with van der Waals surface area (Å²) in [5.41, 5.74) is 41.0. The van der Waals surface area contributed by atoms with Gasteiger partial charge in [0.15, 0.2) is 0 Å². The predicted octanol–water partition coefficient (Wildman–Crippen LogP) is 42.9. The van der Waals surface area contributed by atoms with Gasteiger partial charge in [-0.2, -0.15) is 0 Å². The van der Waals surface area contributed by atoms with Crippen LogP contribution in [-0.4, -0.2) is 0 Å². The van der Waals surface area contributed by atoms with Crippen molar-refractivity contribution in [1.82, 2.24) is 0 Å². The van der Waals surface area contributed by atoms with Crippen LogP contribution in [0.3, 0.4) is 0 Å². The Bertz CT molecular complexity index is 10400. The van der Waals surface area contributed by atoms with Crippen LogP contribution >= 0.6 is 34.0 Å². The number of hydrogen-bond acceptors (Lipinski definition) is 6. The van der Waals surface area contributed by atoms with Crippen molar-refractivity contribution >= 4 is 160 Å². The van der Waals surface area contributed by atoms with Gasteiger partial charge in [0.1, 0.15) is 33.5 Å². The minimum Gasteiger partial charge on any atom is -0.456 e. The smallest absolute Gasteiger partial charge is 0.143 e. The minimum absolute atomic E-state index is 0.879. The summed E-state index contributed by atoms with van der Waals surface area (Å²) < 4.78 is 27.7. The van der Waals surface area contributed by atoms with Crippen molar-refractivity contribution in [3.05, 3.63) is 546 Å². The quantitative estimate of drug-likeness (QED) is 0.103.